The van der Waals surface area contributed by atoms with E-state index in [9.17, 15) is 9.90 Å². The molecule has 0 unspecified atom stereocenters. The number of nitrogens with zero attached hydrogens (tertiary/aromatic N) is 2. The van der Waals surface area contributed by atoms with Gasteiger partial charge in [0.25, 0.3) is 0 Å². The van der Waals surface area contributed by atoms with Crippen LogP contribution in [-0.2, 0) is 4.79 Å². The van der Waals surface area contributed by atoms with Gasteiger partial charge in [-0.2, -0.15) is 0 Å². The first-order valence-electron chi connectivity index (χ1n) is 7.66. The summed E-state index contributed by atoms with van der Waals surface area (Å²) in [4.78, 5) is 16.5. The van der Waals surface area contributed by atoms with Gasteiger partial charge in [0.2, 0.25) is 5.91 Å². The second-order valence-corrected chi connectivity index (χ2v) is 5.71. The normalized spacial score (nSPS) is 19.5. The lowest BCUT2D eigenvalue weighted by molar-refractivity contribution is -0.133. The number of benzene rings is 1. The number of amides is 1. The first kappa shape index (κ1) is 14.2. The predicted molar refractivity (Wildman–Crippen MR) is 79.4 cm³/mol. The van der Waals surface area contributed by atoms with Crippen molar-refractivity contribution in [3.05, 3.63) is 24.3 Å². The van der Waals surface area contributed by atoms with E-state index in [1.165, 1.54) is 12.8 Å². The fourth-order valence-corrected chi connectivity index (χ4v) is 2.76. The fourth-order valence-electron chi connectivity index (χ4n) is 2.76. The Morgan fingerprint density at radius 3 is 2.57 bits per heavy atom. The van der Waals surface area contributed by atoms with Crippen molar-refractivity contribution in [3.8, 4) is 11.5 Å². The van der Waals surface area contributed by atoms with Crippen molar-refractivity contribution in [1.29, 1.82) is 0 Å². The van der Waals surface area contributed by atoms with Gasteiger partial charge in [0.1, 0.15) is 0 Å². The molecule has 0 bridgehead atoms. The molecule has 3 rings (SSSR count). The maximum absolute atomic E-state index is 12.1. The maximum atomic E-state index is 12.1. The van der Waals surface area contributed by atoms with E-state index in [0.717, 1.165) is 32.2 Å². The summed E-state index contributed by atoms with van der Waals surface area (Å²) in [6.07, 6.45) is 3.00. The molecule has 2 fully saturated rings. The van der Waals surface area contributed by atoms with E-state index in [1.54, 1.807) is 24.3 Å². The molecule has 1 N–H and O–H groups in total. The van der Waals surface area contributed by atoms with Gasteiger partial charge in [-0.05, 0) is 25.0 Å². The van der Waals surface area contributed by atoms with Crippen LogP contribution in [0.5, 0.6) is 11.5 Å². The molecule has 0 radical (unpaired) electrons. The number of carbonyl (C=O) groups is 1. The zero-order chi connectivity index (χ0) is 14.7. The van der Waals surface area contributed by atoms with Gasteiger partial charge < -0.3 is 14.7 Å². The predicted octanol–water partition coefficient (Wildman–Crippen LogP) is 1.47. The Kier molecular flexibility index (Phi) is 4.29. The molecule has 1 heterocycles. The first-order valence-corrected chi connectivity index (χ1v) is 7.66. The van der Waals surface area contributed by atoms with E-state index in [-0.39, 0.29) is 11.7 Å². The molecule has 0 spiro atoms. The third-order valence-electron chi connectivity index (χ3n) is 4.17. The van der Waals surface area contributed by atoms with Crippen molar-refractivity contribution in [1.82, 2.24) is 9.80 Å². The number of carbonyl (C=O) groups excluding carboxylic acids is 1. The largest absolute Gasteiger partial charge is 0.504 e. The van der Waals surface area contributed by atoms with Crippen LogP contribution in [0.15, 0.2) is 24.3 Å². The zero-order valence-corrected chi connectivity index (χ0v) is 12.2. The lowest BCUT2D eigenvalue weighted by Crippen LogP contribution is -2.49. The van der Waals surface area contributed by atoms with Gasteiger partial charge in [-0.25, -0.2) is 0 Å². The van der Waals surface area contributed by atoms with Crippen LogP contribution in [-0.4, -0.2) is 59.6 Å². The van der Waals surface area contributed by atoms with Crippen LogP contribution in [0.1, 0.15) is 19.3 Å². The molecule has 5 heteroatoms. The molecule has 1 saturated heterocycles. The number of hydrogen-bond acceptors (Lipinski definition) is 4. The van der Waals surface area contributed by atoms with Crippen LogP contribution in [0.25, 0.3) is 0 Å². The average Bonchev–Trinajstić information content (AvgIpc) is 3.34. The van der Waals surface area contributed by atoms with Crippen LogP contribution in [0.4, 0.5) is 0 Å². The van der Waals surface area contributed by atoms with Gasteiger partial charge in [0.05, 0.1) is 13.0 Å². The van der Waals surface area contributed by atoms with Gasteiger partial charge in [0, 0.05) is 32.2 Å². The molecule has 21 heavy (non-hydrogen) atoms. The van der Waals surface area contributed by atoms with Crippen molar-refractivity contribution in [2.45, 2.75) is 25.3 Å². The first-order chi connectivity index (χ1) is 10.2. The van der Waals surface area contributed by atoms with Gasteiger partial charge in [-0.15, -0.1) is 0 Å². The second kappa shape index (κ2) is 6.35. The van der Waals surface area contributed by atoms with Crippen LogP contribution in [0.2, 0.25) is 0 Å². The molecular weight excluding hydrogens is 268 g/mol. The molecule has 1 aromatic rings. The summed E-state index contributed by atoms with van der Waals surface area (Å²) in [5, 5.41) is 9.59. The van der Waals surface area contributed by atoms with Crippen molar-refractivity contribution < 1.29 is 14.6 Å². The molecule has 2 aliphatic rings. The van der Waals surface area contributed by atoms with E-state index in [0.29, 0.717) is 18.8 Å². The highest BCUT2D eigenvalue weighted by molar-refractivity contribution is 5.76. The molecule has 114 valence electrons. The molecule has 1 aromatic carbocycles. The van der Waals surface area contributed by atoms with Gasteiger partial charge >= 0.3 is 0 Å². The minimum absolute atomic E-state index is 0.114. The summed E-state index contributed by atoms with van der Waals surface area (Å²) in [7, 11) is 0. The Balaban J connectivity index is 1.39. The van der Waals surface area contributed by atoms with E-state index in [1.807, 2.05) is 4.90 Å². The van der Waals surface area contributed by atoms with E-state index >= 15 is 0 Å². The third kappa shape index (κ3) is 3.67. The second-order valence-electron chi connectivity index (χ2n) is 5.71. The Labute approximate surface area is 125 Å². The molecule has 1 aliphatic heterocycles. The molecular formula is C16H22N2O3. The minimum atomic E-state index is 0.114. The molecule has 0 aromatic heterocycles. The lowest BCUT2D eigenvalue weighted by Gasteiger charge is -2.34. The summed E-state index contributed by atoms with van der Waals surface area (Å²) in [6, 6.07) is 7.61. The summed E-state index contributed by atoms with van der Waals surface area (Å²) < 4.78 is 5.46. The summed E-state index contributed by atoms with van der Waals surface area (Å²) in [6.45, 7) is 3.95. The average molecular weight is 290 g/mol. The van der Waals surface area contributed by atoms with Crippen molar-refractivity contribution in [3.63, 3.8) is 0 Å². The minimum Gasteiger partial charge on any atom is -0.504 e. The molecule has 1 saturated carbocycles. The Bertz CT molecular complexity index is 494. The number of para-hydroxylation sites is 2. The van der Waals surface area contributed by atoms with E-state index in [2.05, 4.69) is 4.90 Å². The molecule has 1 amide bonds. The van der Waals surface area contributed by atoms with Gasteiger partial charge in [-0.1, -0.05) is 12.1 Å². The number of aromatic hydroxyl groups is 1. The summed E-state index contributed by atoms with van der Waals surface area (Å²) >= 11 is 0. The quantitative estimate of drug-likeness (QED) is 0.892. The molecule has 5 nitrogen and oxygen atoms in total. The van der Waals surface area contributed by atoms with E-state index in [4.69, 9.17) is 4.74 Å². The highest BCUT2D eigenvalue weighted by Gasteiger charge is 2.32. The van der Waals surface area contributed by atoms with Crippen LogP contribution in [0, 0.1) is 0 Å². The third-order valence-corrected chi connectivity index (χ3v) is 4.17. The van der Waals surface area contributed by atoms with E-state index < -0.39 is 0 Å². The Morgan fingerprint density at radius 1 is 1.19 bits per heavy atom. The maximum Gasteiger partial charge on any atom is 0.226 e. The Morgan fingerprint density at radius 2 is 1.90 bits per heavy atom. The highest BCUT2D eigenvalue weighted by atomic mass is 16.5. The SMILES string of the molecule is O=C(CCOc1ccccc1O)N1CCN(C2CC2)CC1. The standard InChI is InChI=1S/C16H22N2O3/c19-14-3-1-2-4-15(14)21-12-7-16(20)18-10-8-17(9-11-18)13-5-6-13/h1-4,13,19H,5-12H2. The fraction of sp³-hybridized carbons (Fsp3) is 0.562. The number of piperazine rings is 1. The number of phenols is 1. The van der Waals surface area contributed by atoms with Crippen molar-refractivity contribution in [2.75, 3.05) is 32.8 Å². The van der Waals surface area contributed by atoms with Crippen LogP contribution >= 0.6 is 0 Å². The van der Waals surface area contributed by atoms with Crippen molar-refractivity contribution in [2.24, 2.45) is 0 Å². The summed E-state index contributed by atoms with van der Waals surface area (Å²) in [5.74, 6) is 0.688. The Hall–Kier alpha value is -1.75. The summed E-state index contributed by atoms with van der Waals surface area (Å²) in [5.41, 5.74) is 0. The van der Waals surface area contributed by atoms with Gasteiger partial charge in [-0.3, -0.25) is 9.69 Å². The monoisotopic (exact) mass is 290 g/mol. The molecule has 0 atom stereocenters. The number of rotatable bonds is 5. The number of phenolic OH excluding ortho intramolecular Hbond substituents is 1. The van der Waals surface area contributed by atoms with Crippen LogP contribution < -0.4 is 4.74 Å². The topological polar surface area (TPSA) is 53.0 Å². The van der Waals surface area contributed by atoms with Gasteiger partial charge in [0.15, 0.2) is 11.5 Å². The van der Waals surface area contributed by atoms with Crippen LogP contribution in [0.3, 0.4) is 0 Å². The molecule has 1 aliphatic carbocycles. The number of ether oxygens (including phenoxy) is 1. The lowest BCUT2D eigenvalue weighted by atomic mass is 10.2. The van der Waals surface area contributed by atoms with Crippen molar-refractivity contribution >= 4 is 5.91 Å². The number of hydrogen-bond donors (Lipinski definition) is 1. The smallest absolute Gasteiger partial charge is 0.226 e. The highest BCUT2D eigenvalue weighted by Crippen LogP contribution is 2.27. The zero-order valence-electron chi connectivity index (χ0n) is 12.2.